The molecule has 1 amide bonds. The second-order valence-corrected chi connectivity index (χ2v) is 5.73. The van der Waals surface area contributed by atoms with Crippen LogP contribution in [-0.2, 0) is 4.79 Å². The molecule has 7 heteroatoms. The Hall–Kier alpha value is -2.96. The van der Waals surface area contributed by atoms with Crippen LogP contribution in [0.5, 0.6) is 0 Å². The molecule has 3 rings (SSSR count). The third-order valence-corrected chi connectivity index (χ3v) is 4.23. The highest BCUT2D eigenvalue weighted by Gasteiger charge is 2.28. The summed E-state index contributed by atoms with van der Waals surface area (Å²) >= 11 is 0. The Morgan fingerprint density at radius 2 is 1.83 bits per heavy atom. The highest BCUT2D eigenvalue weighted by atomic mass is 16.6. The topological polar surface area (TPSA) is 88.4 Å². The summed E-state index contributed by atoms with van der Waals surface area (Å²) in [5.41, 5.74) is 1.46. The Bertz CT molecular complexity index is 728. The van der Waals surface area contributed by atoms with Crippen LogP contribution in [0.1, 0.15) is 12.8 Å². The number of aromatic nitrogens is 1. The summed E-state index contributed by atoms with van der Waals surface area (Å²) in [4.78, 5) is 29.0. The van der Waals surface area contributed by atoms with Crippen LogP contribution < -0.4 is 10.2 Å². The number of carbonyl (C=O) groups is 1. The fraction of sp³-hybridized carbons (Fsp3) is 0.294. The SMILES string of the molecule is O=C(Nc1ccncc1)C1CCN(c2ccccc2[N+](=O)[O-])CC1. The van der Waals surface area contributed by atoms with Gasteiger partial charge >= 0.3 is 0 Å². The summed E-state index contributed by atoms with van der Waals surface area (Å²) in [5.74, 6) is -0.0967. The zero-order valence-corrected chi connectivity index (χ0v) is 13.1. The lowest BCUT2D eigenvalue weighted by molar-refractivity contribution is -0.384. The summed E-state index contributed by atoms with van der Waals surface area (Å²) in [6.07, 6.45) is 4.60. The van der Waals surface area contributed by atoms with Crippen molar-refractivity contribution in [2.45, 2.75) is 12.8 Å². The van der Waals surface area contributed by atoms with E-state index in [2.05, 4.69) is 10.3 Å². The number of pyridine rings is 1. The van der Waals surface area contributed by atoms with Gasteiger partial charge in [0.1, 0.15) is 5.69 Å². The molecule has 0 saturated carbocycles. The molecule has 7 nitrogen and oxygen atoms in total. The minimum Gasteiger partial charge on any atom is -0.366 e. The Morgan fingerprint density at radius 1 is 1.17 bits per heavy atom. The van der Waals surface area contributed by atoms with Crippen molar-refractivity contribution >= 4 is 23.0 Å². The number of amides is 1. The second-order valence-electron chi connectivity index (χ2n) is 5.73. The van der Waals surface area contributed by atoms with Crippen molar-refractivity contribution in [1.29, 1.82) is 0 Å². The van der Waals surface area contributed by atoms with E-state index in [1.54, 1.807) is 42.7 Å². The molecule has 2 heterocycles. The van der Waals surface area contributed by atoms with E-state index in [0.717, 1.165) is 5.69 Å². The first kappa shape index (κ1) is 15.9. The molecule has 1 aromatic carbocycles. The van der Waals surface area contributed by atoms with Gasteiger partial charge in [-0.2, -0.15) is 0 Å². The predicted octanol–water partition coefficient (Wildman–Crippen LogP) is 2.84. The lowest BCUT2D eigenvalue weighted by atomic mass is 9.95. The van der Waals surface area contributed by atoms with E-state index in [1.807, 2.05) is 4.90 Å². The van der Waals surface area contributed by atoms with E-state index >= 15 is 0 Å². The average Bonchev–Trinajstić information content (AvgIpc) is 2.62. The fourth-order valence-electron chi connectivity index (χ4n) is 2.95. The zero-order chi connectivity index (χ0) is 16.9. The van der Waals surface area contributed by atoms with Crippen molar-refractivity contribution in [3.63, 3.8) is 0 Å². The lowest BCUT2D eigenvalue weighted by Crippen LogP contribution is -2.38. The molecular formula is C17H18N4O3. The van der Waals surface area contributed by atoms with Crippen molar-refractivity contribution in [2.75, 3.05) is 23.3 Å². The Labute approximate surface area is 139 Å². The number of rotatable bonds is 4. The van der Waals surface area contributed by atoms with Crippen LogP contribution in [-0.4, -0.2) is 28.9 Å². The van der Waals surface area contributed by atoms with Crippen LogP contribution in [0.4, 0.5) is 17.1 Å². The maximum absolute atomic E-state index is 12.3. The number of piperidine rings is 1. The van der Waals surface area contributed by atoms with Crippen LogP contribution in [0.15, 0.2) is 48.8 Å². The smallest absolute Gasteiger partial charge is 0.292 e. The number of nitro benzene ring substituents is 1. The molecule has 0 radical (unpaired) electrons. The number of nitro groups is 1. The van der Waals surface area contributed by atoms with Gasteiger partial charge in [-0.3, -0.25) is 19.9 Å². The number of anilines is 2. The quantitative estimate of drug-likeness (QED) is 0.689. The number of nitrogens with zero attached hydrogens (tertiary/aromatic N) is 3. The van der Waals surface area contributed by atoms with Crippen LogP contribution in [0.2, 0.25) is 0 Å². The summed E-state index contributed by atoms with van der Waals surface area (Å²) in [7, 11) is 0. The summed E-state index contributed by atoms with van der Waals surface area (Å²) in [5, 5.41) is 14.0. The highest BCUT2D eigenvalue weighted by Crippen LogP contribution is 2.31. The largest absolute Gasteiger partial charge is 0.366 e. The van der Waals surface area contributed by atoms with Gasteiger partial charge in [0.2, 0.25) is 5.91 Å². The standard InChI is InChI=1S/C17H18N4O3/c22-17(19-14-5-9-18-10-6-14)13-7-11-20(12-8-13)15-3-1-2-4-16(15)21(23)24/h1-6,9-10,13H,7-8,11-12H2,(H,18,19,22). The maximum Gasteiger partial charge on any atom is 0.292 e. The minimum absolute atomic E-state index is 0.0107. The van der Waals surface area contributed by atoms with Gasteiger partial charge in [-0.1, -0.05) is 12.1 Å². The molecule has 124 valence electrons. The van der Waals surface area contributed by atoms with Gasteiger partial charge in [0, 0.05) is 43.2 Å². The number of nitrogens with one attached hydrogen (secondary N) is 1. The van der Waals surface area contributed by atoms with E-state index < -0.39 is 0 Å². The normalized spacial score (nSPS) is 15.1. The Balaban J connectivity index is 1.62. The second kappa shape index (κ2) is 7.08. The van der Waals surface area contributed by atoms with Crippen molar-refractivity contribution in [1.82, 2.24) is 4.98 Å². The van der Waals surface area contributed by atoms with E-state index in [-0.39, 0.29) is 22.4 Å². The third kappa shape index (κ3) is 3.51. The zero-order valence-electron chi connectivity index (χ0n) is 13.1. The molecule has 0 aliphatic carbocycles. The molecule has 1 N–H and O–H groups in total. The third-order valence-electron chi connectivity index (χ3n) is 4.23. The molecule has 1 fully saturated rings. The summed E-state index contributed by atoms with van der Waals surface area (Å²) < 4.78 is 0. The van der Waals surface area contributed by atoms with Gasteiger partial charge in [-0.05, 0) is 31.0 Å². The Morgan fingerprint density at radius 3 is 2.50 bits per heavy atom. The fourth-order valence-corrected chi connectivity index (χ4v) is 2.95. The number of para-hydroxylation sites is 2. The van der Waals surface area contributed by atoms with Gasteiger partial charge in [-0.15, -0.1) is 0 Å². The van der Waals surface area contributed by atoms with Gasteiger partial charge in [0.15, 0.2) is 0 Å². The molecular weight excluding hydrogens is 308 g/mol. The molecule has 0 spiro atoms. The first-order valence-corrected chi connectivity index (χ1v) is 7.84. The lowest BCUT2D eigenvalue weighted by Gasteiger charge is -2.32. The van der Waals surface area contributed by atoms with Crippen LogP contribution in [0.3, 0.4) is 0 Å². The number of hydrogen-bond donors (Lipinski definition) is 1. The molecule has 0 bridgehead atoms. The molecule has 1 aliphatic heterocycles. The first-order chi connectivity index (χ1) is 11.6. The van der Waals surface area contributed by atoms with E-state index in [9.17, 15) is 14.9 Å². The maximum atomic E-state index is 12.3. The van der Waals surface area contributed by atoms with E-state index in [4.69, 9.17) is 0 Å². The van der Waals surface area contributed by atoms with Crippen molar-refractivity contribution in [3.8, 4) is 0 Å². The van der Waals surface area contributed by atoms with Crippen molar-refractivity contribution in [2.24, 2.45) is 5.92 Å². The van der Waals surface area contributed by atoms with Gasteiger partial charge in [0.25, 0.3) is 5.69 Å². The monoisotopic (exact) mass is 326 g/mol. The molecule has 0 atom stereocenters. The number of carbonyl (C=O) groups excluding carboxylic acids is 1. The highest BCUT2D eigenvalue weighted by molar-refractivity contribution is 5.92. The number of benzene rings is 1. The number of hydrogen-bond acceptors (Lipinski definition) is 5. The van der Waals surface area contributed by atoms with Crippen LogP contribution >= 0.6 is 0 Å². The molecule has 0 unspecified atom stereocenters. The molecule has 1 saturated heterocycles. The van der Waals surface area contributed by atoms with Gasteiger partial charge < -0.3 is 10.2 Å². The summed E-state index contributed by atoms with van der Waals surface area (Å²) in [6.45, 7) is 1.25. The minimum atomic E-state index is -0.364. The predicted molar refractivity (Wildman–Crippen MR) is 90.9 cm³/mol. The molecule has 1 aliphatic rings. The van der Waals surface area contributed by atoms with Crippen molar-refractivity contribution < 1.29 is 9.72 Å². The van der Waals surface area contributed by atoms with Crippen LogP contribution in [0, 0.1) is 16.0 Å². The molecule has 1 aromatic heterocycles. The average molecular weight is 326 g/mol. The van der Waals surface area contributed by atoms with Gasteiger partial charge in [0.05, 0.1) is 4.92 Å². The summed E-state index contributed by atoms with van der Waals surface area (Å²) in [6, 6.07) is 10.2. The van der Waals surface area contributed by atoms with Crippen molar-refractivity contribution in [3.05, 3.63) is 58.9 Å². The molecule has 2 aromatic rings. The van der Waals surface area contributed by atoms with E-state index in [0.29, 0.717) is 31.6 Å². The Kier molecular flexibility index (Phi) is 4.69. The van der Waals surface area contributed by atoms with E-state index in [1.165, 1.54) is 6.07 Å². The molecule has 24 heavy (non-hydrogen) atoms. The first-order valence-electron chi connectivity index (χ1n) is 7.84. The van der Waals surface area contributed by atoms with Crippen LogP contribution in [0.25, 0.3) is 0 Å². The van der Waals surface area contributed by atoms with Gasteiger partial charge in [-0.25, -0.2) is 0 Å².